The molecule has 0 saturated carbocycles. The maximum atomic E-state index is 11.5. The molecule has 0 unspecified atom stereocenters. The Kier molecular flexibility index (Phi) is 3.67. The maximum Gasteiger partial charge on any atom is 0.189 e. The fourth-order valence-electron chi connectivity index (χ4n) is 1.50. The number of nitrogens with zero attached hydrogens (tertiary/aromatic N) is 1. The van der Waals surface area contributed by atoms with Gasteiger partial charge >= 0.3 is 0 Å². The molecule has 1 aromatic carbocycles. The third-order valence-electron chi connectivity index (χ3n) is 2.25. The lowest BCUT2D eigenvalue weighted by Gasteiger charge is -2.04. The highest BCUT2D eigenvalue weighted by atomic mass is 16.1. The molecule has 0 N–H and O–H groups in total. The molecular weight excluding hydrogens is 186 g/mol. The Balaban J connectivity index is 0.000000531. The van der Waals surface area contributed by atoms with Gasteiger partial charge in [-0.1, -0.05) is 25.5 Å². The van der Waals surface area contributed by atoms with Crippen molar-refractivity contribution in [3.8, 4) is 0 Å². The third-order valence-corrected chi connectivity index (χ3v) is 2.25. The zero-order chi connectivity index (χ0) is 11.4. The molecule has 80 valence electrons. The van der Waals surface area contributed by atoms with Crippen LogP contribution in [0, 0.1) is 6.92 Å². The Hall–Kier alpha value is -1.57. The largest absolute Gasteiger partial charge is 0.350 e. The van der Waals surface area contributed by atoms with Crippen LogP contribution in [0.25, 0.3) is 10.9 Å². The molecule has 0 spiro atoms. The van der Waals surface area contributed by atoms with E-state index >= 15 is 0 Å². The normalized spacial score (nSPS) is 9.60. The molecule has 0 aliphatic heterocycles. The Labute approximate surface area is 90.2 Å². The van der Waals surface area contributed by atoms with Gasteiger partial charge in [0.25, 0.3) is 0 Å². The number of aryl methyl sites for hydroxylation is 2. The van der Waals surface area contributed by atoms with Crippen LogP contribution >= 0.6 is 0 Å². The first-order chi connectivity index (χ1) is 7.18. The van der Waals surface area contributed by atoms with E-state index in [0.29, 0.717) is 0 Å². The molecule has 1 heterocycles. The van der Waals surface area contributed by atoms with Crippen LogP contribution in [0.3, 0.4) is 0 Å². The highest BCUT2D eigenvalue weighted by Gasteiger charge is 1.99. The second-order valence-electron chi connectivity index (χ2n) is 3.31. The minimum atomic E-state index is 0.0943. The fraction of sp³-hybridized carbons (Fsp3) is 0.308. The van der Waals surface area contributed by atoms with Gasteiger partial charge in [-0.2, -0.15) is 0 Å². The fourth-order valence-corrected chi connectivity index (χ4v) is 1.50. The van der Waals surface area contributed by atoms with Crippen LogP contribution in [0.15, 0.2) is 35.3 Å². The molecule has 0 bridgehead atoms. The molecule has 0 aliphatic carbocycles. The van der Waals surface area contributed by atoms with Crippen LogP contribution in [-0.4, -0.2) is 4.57 Å². The summed E-state index contributed by atoms with van der Waals surface area (Å²) in [4.78, 5) is 11.5. The monoisotopic (exact) mass is 203 g/mol. The zero-order valence-corrected chi connectivity index (χ0v) is 9.74. The number of pyridine rings is 1. The van der Waals surface area contributed by atoms with E-state index in [1.54, 1.807) is 12.3 Å². The summed E-state index contributed by atoms with van der Waals surface area (Å²) in [6.07, 6.45) is 1.79. The Morgan fingerprint density at radius 2 is 1.80 bits per heavy atom. The lowest BCUT2D eigenvalue weighted by Crippen LogP contribution is -2.04. The van der Waals surface area contributed by atoms with Crippen molar-refractivity contribution in [3.05, 3.63) is 46.2 Å². The van der Waals surface area contributed by atoms with E-state index in [4.69, 9.17) is 0 Å². The first kappa shape index (κ1) is 11.5. The van der Waals surface area contributed by atoms with Gasteiger partial charge in [0.2, 0.25) is 0 Å². The van der Waals surface area contributed by atoms with Gasteiger partial charge in [-0.15, -0.1) is 0 Å². The minimum Gasteiger partial charge on any atom is -0.350 e. The lowest BCUT2D eigenvalue weighted by molar-refractivity contribution is 0.950. The van der Waals surface area contributed by atoms with Crippen LogP contribution in [0.4, 0.5) is 0 Å². The van der Waals surface area contributed by atoms with Gasteiger partial charge in [-0.05, 0) is 19.1 Å². The number of rotatable bonds is 0. The summed E-state index contributed by atoms with van der Waals surface area (Å²) < 4.78 is 1.95. The smallest absolute Gasteiger partial charge is 0.189 e. The molecule has 0 fully saturated rings. The SMILES string of the molecule is CC.Cc1ccc2c(c1)c(=O)ccn2C. The first-order valence-corrected chi connectivity index (χ1v) is 5.24. The van der Waals surface area contributed by atoms with Crippen molar-refractivity contribution in [2.75, 3.05) is 0 Å². The van der Waals surface area contributed by atoms with Gasteiger partial charge in [-0.3, -0.25) is 4.79 Å². The van der Waals surface area contributed by atoms with E-state index in [1.165, 1.54) is 0 Å². The van der Waals surface area contributed by atoms with E-state index in [9.17, 15) is 4.79 Å². The van der Waals surface area contributed by atoms with Crippen LogP contribution in [0.1, 0.15) is 19.4 Å². The Morgan fingerprint density at radius 3 is 2.47 bits per heavy atom. The molecular formula is C13H17NO. The minimum absolute atomic E-state index is 0.0943. The van der Waals surface area contributed by atoms with Gasteiger partial charge in [0.15, 0.2) is 5.43 Å². The molecule has 1 aromatic heterocycles. The van der Waals surface area contributed by atoms with E-state index in [0.717, 1.165) is 16.5 Å². The van der Waals surface area contributed by atoms with Crippen LogP contribution < -0.4 is 5.43 Å². The van der Waals surface area contributed by atoms with Crippen molar-refractivity contribution < 1.29 is 0 Å². The predicted octanol–water partition coefficient (Wildman–Crippen LogP) is 2.87. The van der Waals surface area contributed by atoms with Gasteiger partial charge in [0.05, 0.1) is 5.52 Å². The lowest BCUT2D eigenvalue weighted by atomic mass is 10.1. The number of hydrogen-bond donors (Lipinski definition) is 0. The summed E-state index contributed by atoms with van der Waals surface area (Å²) in [5, 5.41) is 0.796. The summed E-state index contributed by atoms with van der Waals surface area (Å²) in [7, 11) is 1.94. The zero-order valence-electron chi connectivity index (χ0n) is 9.74. The summed E-state index contributed by atoms with van der Waals surface area (Å²) in [5.74, 6) is 0. The summed E-state index contributed by atoms with van der Waals surface area (Å²) in [6, 6.07) is 7.52. The van der Waals surface area contributed by atoms with E-state index < -0.39 is 0 Å². The molecule has 0 saturated heterocycles. The molecule has 15 heavy (non-hydrogen) atoms. The summed E-state index contributed by atoms with van der Waals surface area (Å²) >= 11 is 0. The van der Waals surface area contributed by atoms with Gasteiger partial charge < -0.3 is 4.57 Å². The van der Waals surface area contributed by atoms with Crippen molar-refractivity contribution in [3.63, 3.8) is 0 Å². The number of fused-ring (bicyclic) bond motifs is 1. The molecule has 0 radical (unpaired) electrons. The Morgan fingerprint density at radius 1 is 1.13 bits per heavy atom. The van der Waals surface area contributed by atoms with Crippen molar-refractivity contribution in [2.24, 2.45) is 7.05 Å². The molecule has 2 aromatic rings. The van der Waals surface area contributed by atoms with Gasteiger partial charge in [-0.25, -0.2) is 0 Å². The first-order valence-electron chi connectivity index (χ1n) is 5.24. The van der Waals surface area contributed by atoms with E-state index in [2.05, 4.69) is 0 Å². The van der Waals surface area contributed by atoms with Crippen molar-refractivity contribution >= 4 is 10.9 Å². The standard InChI is InChI=1S/C11H11NO.C2H6/c1-8-3-4-10-9(7-8)11(13)5-6-12(10)2;1-2/h3-7H,1-2H3;1-2H3. The van der Waals surface area contributed by atoms with Crippen molar-refractivity contribution in [1.82, 2.24) is 4.57 Å². The van der Waals surface area contributed by atoms with Gasteiger partial charge in [0.1, 0.15) is 0 Å². The van der Waals surface area contributed by atoms with Crippen LogP contribution in [0.2, 0.25) is 0 Å². The summed E-state index contributed by atoms with van der Waals surface area (Å²) in [5.41, 5.74) is 2.20. The topological polar surface area (TPSA) is 22.0 Å². The highest BCUT2D eigenvalue weighted by Crippen LogP contribution is 2.10. The third kappa shape index (κ3) is 2.27. The highest BCUT2D eigenvalue weighted by molar-refractivity contribution is 5.79. The van der Waals surface area contributed by atoms with Crippen molar-refractivity contribution in [2.45, 2.75) is 20.8 Å². The van der Waals surface area contributed by atoms with Crippen LogP contribution in [0.5, 0.6) is 0 Å². The quantitative estimate of drug-likeness (QED) is 0.645. The molecule has 2 heteroatoms. The second-order valence-corrected chi connectivity index (χ2v) is 3.31. The number of hydrogen-bond acceptors (Lipinski definition) is 1. The average molecular weight is 203 g/mol. The molecule has 0 atom stereocenters. The molecule has 2 nitrogen and oxygen atoms in total. The summed E-state index contributed by atoms with van der Waals surface area (Å²) in [6.45, 7) is 5.99. The average Bonchev–Trinajstić information content (AvgIpc) is 2.27. The second kappa shape index (κ2) is 4.78. The predicted molar refractivity (Wildman–Crippen MR) is 65.3 cm³/mol. The number of aromatic nitrogens is 1. The van der Waals surface area contributed by atoms with Crippen LogP contribution in [-0.2, 0) is 7.05 Å². The molecule has 0 aliphatic rings. The maximum absolute atomic E-state index is 11.5. The molecule has 0 amide bonds. The number of benzene rings is 1. The van der Waals surface area contributed by atoms with Gasteiger partial charge in [0, 0.05) is 24.7 Å². The van der Waals surface area contributed by atoms with Crippen molar-refractivity contribution in [1.29, 1.82) is 0 Å². The molecule has 2 rings (SSSR count). The Bertz CT molecular complexity index is 511. The van der Waals surface area contributed by atoms with E-state index in [-0.39, 0.29) is 5.43 Å². The van der Waals surface area contributed by atoms with E-state index in [1.807, 2.05) is 50.6 Å².